The number of amides is 3. The van der Waals surface area contributed by atoms with E-state index in [1.165, 1.54) is 0 Å². The molecule has 1 aliphatic rings. The van der Waals surface area contributed by atoms with Crippen molar-refractivity contribution in [3.8, 4) is 0 Å². The monoisotopic (exact) mass is 602 g/mol. The highest BCUT2D eigenvalue weighted by Crippen LogP contribution is 2.27. The Morgan fingerprint density at radius 1 is 1.05 bits per heavy atom. The number of aromatic nitrogens is 2. The summed E-state index contributed by atoms with van der Waals surface area (Å²) in [7, 11) is 0. The molecule has 0 aliphatic carbocycles. The van der Waals surface area contributed by atoms with Gasteiger partial charge in [0.25, 0.3) is 5.91 Å². The third kappa shape index (κ3) is 9.24. The maximum Gasteiger partial charge on any atom is 0.250 e. The van der Waals surface area contributed by atoms with Crippen molar-refractivity contribution in [3.63, 3.8) is 0 Å². The number of carbonyl (C=O) groups excluding carboxylic acids is 3. The quantitative estimate of drug-likeness (QED) is 0.271. The van der Waals surface area contributed by atoms with Crippen LogP contribution in [-0.4, -0.2) is 63.4 Å². The fourth-order valence-corrected chi connectivity index (χ4v) is 5.24. The van der Waals surface area contributed by atoms with E-state index in [1.54, 1.807) is 20.0 Å². The Bertz CT molecular complexity index is 1380. The highest BCUT2D eigenvalue weighted by atomic mass is 16.5. The van der Waals surface area contributed by atoms with Crippen LogP contribution in [0, 0.1) is 12.8 Å². The molecule has 0 radical (unpaired) electrons. The lowest BCUT2D eigenvalue weighted by Crippen LogP contribution is -2.56. The lowest BCUT2D eigenvalue weighted by molar-refractivity contribution is -0.134. The lowest BCUT2D eigenvalue weighted by Gasteiger charge is -2.33. The van der Waals surface area contributed by atoms with Gasteiger partial charge in [0.05, 0.1) is 24.7 Å². The molecule has 1 aliphatic heterocycles. The number of rotatable bonds is 13. The summed E-state index contributed by atoms with van der Waals surface area (Å²) >= 11 is 0. The Labute approximate surface area is 260 Å². The molecule has 3 amide bonds. The number of nitrogens with zero attached hydrogens (tertiary/aromatic N) is 3. The molecule has 1 unspecified atom stereocenters. The first-order valence-electron chi connectivity index (χ1n) is 15.4. The Hall–Kier alpha value is -4.02. The molecule has 2 atom stereocenters. The van der Waals surface area contributed by atoms with Crippen molar-refractivity contribution in [2.75, 3.05) is 25.0 Å². The smallest absolute Gasteiger partial charge is 0.250 e. The zero-order valence-electron chi connectivity index (χ0n) is 26.3. The van der Waals surface area contributed by atoms with Gasteiger partial charge in [-0.1, -0.05) is 67.6 Å². The number of ether oxygens (including phenoxy) is 1. The van der Waals surface area contributed by atoms with Crippen LogP contribution in [0.2, 0.25) is 0 Å². The predicted octanol–water partition coefficient (Wildman–Crippen LogP) is 4.00. The van der Waals surface area contributed by atoms with Crippen LogP contribution >= 0.6 is 0 Å². The fraction of sp³-hybridized carbons (Fsp3) is 0.471. The van der Waals surface area contributed by atoms with Gasteiger partial charge in [-0.25, -0.2) is 4.98 Å². The first-order valence-corrected chi connectivity index (χ1v) is 15.4. The van der Waals surface area contributed by atoms with Gasteiger partial charge in [-0.3, -0.25) is 14.4 Å². The van der Waals surface area contributed by atoms with Crippen molar-refractivity contribution >= 4 is 23.5 Å². The number of likely N-dealkylation sites (tertiary alicyclic amines) is 1. The van der Waals surface area contributed by atoms with Crippen molar-refractivity contribution in [1.82, 2.24) is 19.8 Å². The van der Waals surface area contributed by atoms with Gasteiger partial charge in [0.2, 0.25) is 11.8 Å². The number of anilines is 1. The number of benzene rings is 2. The molecular formula is C34H46N6O4. The summed E-state index contributed by atoms with van der Waals surface area (Å²) in [6, 6.07) is 18.5. The van der Waals surface area contributed by atoms with Gasteiger partial charge in [0, 0.05) is 25.8 Å². The van der Waals surface area contributed by atoms with Gasteiger partial charge in [0.15, 0.2) is 5.82 Å². The number of nitrogens with two attached hydrogens (primary N) is 1. The van der Waals surface area contributed by atoms with E-state index < -0.39 is 23.4 Å². The molecule has 236 valence electrons. The van der Waals surface area contributed by atoms with Crippen LogP contribution in [0.25, 0.3) is 0 Å². The minimum absolute atomic E-state index is 0.0433. The van der Waals surface area contributed by atoms with Crippen LogP contribution in [-0.2, 0) is 32.3 Å². The summed E-state index contributed by atoms with van der Waals surface area (Å²) in [5, 5.41) is 5.54. The molecule has 1 saturated heterocycles. The van der Waals surface area contributed by atoms with E-state index in [9.17, 15) is 14.4 Å². The Kier molecular flexibility index (Phi) is 11.3. The second-order valence-corrected chi connectivity index (χ2v) is 12.4. The van der Waals surface area contributed by atoms with Gasteiger partial charge in [-0.15, -0.1) is 0 Å². The minimum atomic E-state index is -1.17. The van der Waals surface area contributed by atoms with Crippen molar-refractivity contribution in [2.24, 2.45) is 11.7 Å². The number of imidazole rings is 1. The van der Waals surface area contributed by atoms with Gasteiger partial charge in [-0.05, 0) is 57.1 Å². The topological polar surface area (TPSA) is 132 Å². The Morgan fingerprint density at radius 2 is 1.68 bits per heavy atom. The molecule has 1 aromatic heterocycles. The summed E-state index contributed by atoms with van der Waals surface area (Å²) in [5.74, 6) is 0.655. The zero-order chi connectivity index (χ0) is 31.7. The number of piperidine rings is 1. The average molecular weight is 603 g/mol. The van der Waals surface area contributed by atoms with Gasteiger partial charge in [-0.2, -0.15) is 0 Å². The third-order valence-corrected chi connectivity index (χ3v) is 8.08. The minimum Gasteiger partial charge on any atom is -0.374 e. The molecule has 3 aromatic rings. The standard InChI is InChI=1S/C34H46N6O4/c1-24-15-18-39(19-16-24)32(42)28(27-13-9-6-10-14-27)17-20-40-21-30(36-25(40)2)38-31(41)29(37-33(43)34(3,4)35)23-44-22-26-11-7-5-8-12-26/h5-14,21,24,28-29H,15-20,22-23,35H2,1-4H3,(H,37,43)(H,38,41)/t28?,29-/m1/s1. The fourth-order valence-electron chi connectivity index (χ4n) is 5.24. The summed E-state index contributed by atoms with van der Waals surface area (Å²) in [4.78, 5) is 46.2. The maximum absolute atomic E-state index is 13.7. The molecule has 2 heterocycles. The van der Waals surface area contributed by atoms with Crippen molar-refractivity contribution in [3.05, 3.63) is 83.8 Å². The number of carbonyl (C=O) groups is 3. The van der Waals surface area contributed by atoms with Gasteiger partial charge >= 0.3 is 0 Å². The van der Waals surface area contributed by atoms with E-state index in [4.69, 9.17) is 10.5 Å². The second kappa shape index (κ2) is 15.1. The lowest BCUT2D eigenvalue weighted by atomic mass is 9.92. The molecule has 0 spiro atoms. The SMILES string of the molecule is Cc1nc(NC(=O)[C@@H](COCc2ccccc2)NC(=O)C(C)(C)N)cn1CCC(C(=O)N1CCC(C)CC1)c1ccccc1. The first-order chi connectivity index (χ1) is 21.0. The van der Waals surface area contributed by atoms with Crippen LogP contribution in [0.4, 0.5) is 5.82 Å². The number of aryl methyl sites for hydroxylation is 2. The molecular weight excluding hydrogens is 556 g/mol. The highest BCUT2D eigenvalue weighted by molar-refractivity contribution is 5.98. The van der Waals surface area contributed by atoms with E-state index in [0.29, 0.717) is 30.5 Å². The van der Waals surface area contributed by atoms with Crippen molar-refractivity contribution in [2.45, 2.75) is 77.6 Å². The van der Waals surface area contributed by atoms with Crippen LogP contribution in [0.15, 0.2) is 66.9 Å². The van der Waals surface area contributed by atoms with E-state index in [1.807, 2.05) is 77.1 Å². The Balaban J connectivity index is 1.42. The summed E-state index contributed by atoms with van der Waals surface area (Å²) < 4.78 is 7.73. The van der Waals surface area contributed by atoms with Crippen molar-refractivity contribution < 1.29 is 19.1 Å². The molecule has 2 aromatic carbocycles. The van der Waals surface area contributed by atoms with E-state index >= 15 is 0 Å². The zero-order valence-corrected chi connectivity index (χ0v) is 26.3. The molecule has 10 heteroatoms. The molecule has 0 bridgehead atoms. The summed E-state index contributed by atoms with van der Waals surface area (Å²) in [6.45, 7) is 9.62. The molecule has 44 heavy (non-hydrogen) atoms. The van der Waals surface area contributed by atoms with Gasteiger partial charge < -0.3 is 30.6 Å². The van der Waals surface area contributed by atoms with E-state index in [-0.39, 0.29) is 25.0 Å². The van der Waals surface area contributed by atoms with Crippen LogP contribution in [0.1, 0.15) is 62.9 Å². The molecule has 0 saturated carbocycles. The second-order valence-electron chi connectivity index (χ2n) is 12.4. The normalized spacial score (nSPS) is 15.4. The van der Waals surface area contributed by atoms with Crippen molar-refractivity contribution in [1.29, 1.82) is 0 Å². The van der Waals surface area contributed by atoms with Crippen LogP contribution < -0.4 is 16.4 Å². The largest absolute Gasteiger partial charge is 0.374 e. The van der Waals surface area contributed by atoms with E-state index in [2.05, 4.69) is 22.5 Å². The van der Waals surface area contributed by atoms with Crippen LogP contribution in [0.3, 0.4) is 0 Å². The predicted molar refractivity (Wildman–Crippen MR) is 171 cm³/mol. The first kappa shape index (κ1) is 32.9. The summed E-state index contributed by atoms with van der Waals surface area (Å²) in [6.07, 6.45) is 4.41. The summed E-state index contributed by atoms with van der Waals surface area (Å²) in [5.41, 5.74) is 6.75. The highest BCUT2D eigenvalue weighted by Gasteiger charge is 2.30. The molecule has 4 rings (SSSR count). The van der Waals surface area contributed by atoms with Crippen LogP contribution in [0.5, 0.6) is 0 Å². The number of hydrogen-bond acceptors (Lipinski definition) is 6. The third-order valence-electron chi connectivity index (χ3n) is 8.08. The average Bonchev–Trinajstić information content (AvgIpc) is 3.35. The van der Waals surface area contributed by atoms with E-state index in [0.717, 1.165) is 37.1 Å². The van der Waals surface area contributed by atoms with Gasteiger partial charge in [0.1, 0.15) is 11.9 Å². The molecule has 1 fully saturated rings. The molecule has 10 nitrogen and oxygen atoms in total. The maximum atomic E-state index is 13.7. The number of hydrogen-bond donors (Lipinski definition) is 3. The number of nitrogens with one attached hydrogen (secondary N) is 2. The molecule has 4 N–H and O–H groups in total. The Morgan fingerprint density at radius 3 is 2.32 bits per heavy atom.